The monoisotopic (exact) mass is 507 g/mol. The summed E-state index contributed by atoms with van der Waals surface area (Å²) in [5.74, 6) is 0.264. The van der Waals surface area contributed by atoms with Crippen molar-refractivity contribution in [2.24, 2.45) is 0 Å². The molecule has 196 valence electrons. The molecule has 0 saturated carbocycles. The van der Waals surface area contributed by atoms with Gasteiger partial charge >= 0.3 is 0 Å². The van der Waals surface area contributed by atoms with Crippen molar-refractivity contribution in [2.45, 2.75) is 57.4 Å². The van der Waals surface area contributed by atoms with Gasteiger partial charge in [0.15, 0.2) is 5.78 Å². The highest BCUT2D eigenvalue weighted by Crippen LogP contribution is 2.47. The molecule has 5 rings (SSSR count). The Bertz CT molecular complexity index is 1330. The molecule has 1 N–H and O–H groups in total. The van der Waals surface area contributed by atoms with E-state index in [1.807, 2.05) is 61.5 Å². The molecule has 2 atom stereocenters. The summed E-state index contributed by atoms with van der Waals surface area (Å²) >= 11 is 0. The fourth-order valence-corrected chi connectivity index (χ4v) is 5.74. The molecule has 2 aliphatic rings. The third kappa shape index (κ3) is 5.10. The number of anilines is 3. The fraction of sp³-hybridized carbons (Fsp3) is 0.333. The minimum absolute atomic E-state index is 0.0566. The average molecular weight is 508 g/mol. The van der Waals surface area contributed by atoms with Crippen LogP contribution in [0.3, 0.4) is 0 Å². The predicted octanol–water partition coefficient (Wildman–Crippen LogP) is 7.23. The van der Waals surface area contributed by atoms with E-state index >= 15 is 0 Å². The van der Waals surface area contributed by atoms with Gasteiger partial charge in [-0.05, 0) is 54.2 Å². The summed E-state index contributed by atoms with van der Waals surface area (Å²) in [7, 11) is 4.03. The van der Waals surface area contributed by atoms with Crippen LogP contribution >= 0.6 is 0 Å². The molecular formula is C33H37N3O2. The largest absolute Gasteiger partial charge is 0.378 e. The number of allylic oxidation sites excluding steroid dienone is 1. The minimum atomic E-state index is -0.476. The molecular weight excluding hydrogens is 470 g/mol. The van der Waals surface area contributed by atoms with Gasteiger partial charge in [-0.1, -0.05) is 74.4 Å². The Balaban J connectivity index is 1.66. The quantitative estimate of drug-likeness (QED) is 0.343. The van der Waals surface area contributed by atoms with Crippen LogP contribution in [0.25, 0.3) is 0 Å². The Kier molecular flexibility index (Phi) is 7.64. The smallest absolute Gasteiger partial charge is 0.227 e. The third-order valence-corrected chi connectivity index (χ3v) is 7.75. The average Bonchev–Trinajstić information content (AvgIpc) is 3.08. The molecule has 0 saturated heterocycles. The van der Waals surface area contributed by atoms with Gasteiger partial charge in [0.2, 0.25) is 5.91 Å². The lowest BCUT2D eigenvalue weighted by Crippen LogP contribution is -2.38. The van der Waals surface area contributed by atoms with Crippen LogP contribution in [0.15, 0.2) is 90.1 Å². The van der Waals surface area contributed by atoms with Crippen LogP contribution in [-0.2, 0) is 9.59 Å². The lowest BCUT2D eigenvalue weighted by molar-refractivity contribution is -0.119. The maximum atomic E-state index is 14.1. The fourth-order valence-electron chi connectivity index (χ4n) is 5.74. The van der Waals surface area contributed by atoms with Gasteiger partial charge in [-0.25, -0.2) is 0 Å². The number of rotatable bonds is 7. The first-order chi connectivity index (χ1) is 18.5. The van der Waals surface area contributed by atoms with E-state index in [4.69, 9.17) is 0 Å². The number of hydrogen-bond donors (Lipinski definition) is 1. The number of hydrogen-bond acceptors (Lipinski definition) is 4. The van der Waals surface area contributed by atoms with Crippen LogP contribution in [0.4, 0.5) is 17.1 Å². The van der Waals surface area contributed by atoms with Crippen LogP contribution in [-0.4, -0.2) is 25.8 Å². The summed E-state index contributed by atoms with van der Waals surface area (Å²) < 4.78 is 0. The highest BCUT2D eigenvalue weighted by Gasteiger charge is 2.41. The van der Waals surface area contributed by atoms with Crippen LogP contribution in [0.1, 0.15) is 68.5 Å². The number of para-hydroxylation sites is 2. The van der Waals surface area contributed by atoms with Crippen molar-refractivity contribution >= 4 is 28.8 Å². The number of unbranched alkanes of at least 4 members (excludes halogenated alkanes) is 2. The van der Waals surface area contributed by atoms with E-state index in [1.54, 1.807) is 0 Å². The Hall–Kier alpha value is -3.86. The van der Waals surface area contributed by atoms with Crippen molar-refractivity contribution in [1.29, 1.82) is 0 Å². The predicted molar refractivity (Wildman–Crippen MR) is 156 cm³/mol. The molecule has 0 aromatic heterocycles. The van der Waals surface area contributed by atoms with E-state index in [1.165, 1.54) is 5.56 Å². The Morgan fingerprint density at radius 1 is 0.895 bits per heavy atom. The first-order valence-corrected chi connectivity index (χ1v) is 13.7. The third-order valence-electron chi connectivity index (χ3n) is 7.75. The maximum absolute atomic E-state index is 14.1. The Morgan fingerprint density at radius 3 is 2.32 bits per heavy atom. The number of Topliss-reactive ketones (excluding diaryl/α,β-unsaturated/α-hetero) is 1. The minimum Gasteiger partial charge on any atom is -0.378 e. The number of ketones is 1. The lowest BCUT2D eigenvalue weighted by atomic mass is 9.78. The molecule has 0 radical (unpaired) electrons. The number of amides is 1. The van der Waals surface area contributed by atoms with E-state index in [0.717, 1.165) is 59.6 Å². The van der Waals surface area contributed by atoms with Crippen LogP contribution in [0, 0.1) is 0 Å². The molecule has 1 aliphatic carbocycles. The van der Waals surface area contributed by atoms with Crippen molar-refractivity contribution in [1.82, 2.24) is 0 Å². The molecule has 5 nitrogen and oxygen atoms in total. The van der Waals surface area contributed by atoms with E-state index in [2.05, 4.69) is 53.5 Å². The summed E-state index contributed by atoms with van der Waals surface area (Å²) in [6, 6.07) is 26.1. The van der Waals surface area contributed by atoms with Gasteiger partial charge in [-0.3, -0.25) is 14.5 Å². The normalized spacial score (nSPS) is 18.8. The topological polar surface area (TPSA) is 52.7 Å². The zero-order valence-corrected chi connectivity index (χ0v) is 22.6. The van der Waals surface area contributed by atoms with Crippen LogP contribution in [0.5, 0.6) is 0 Å². The molecule has 0 unspecified atom stereocenters. The number of carbonyl (C=O) groups excluding carboxylic acids is 2. The first kappa shape index (κ1) is 25.8. The van der Waals surface area contributed by atoms with Gasteiger partial charge in [0.05, 0.1) is 17.4 Å². The van der Waals surface area contributed by atoms with Crippen LogP contribution < -0.4 is 15.1 Å². The second-order valence-electron chi connectivity index (χ2n) is 10.6. The number of nitrogens with one attached hydrogen (secondary N) is 1. The first-order valence-electron chi connectivity index (χ1n) is 13.7. The van der Waals surface area contributed by atoms with Gasteiger partial charge in [-0.15, -0.1) is 0 Å². The molecule has 0 fully saturated rings. The standard InChI is InChI=1S/C33H37N3O2/c1-4-5-7-16-31(38)36-29-15-11-10-14-27(29)34-28-21-25(23-12-8-6-9-13-23)22-30(37)32(28)33(36)24-17-19-26(20-18-24)35(2)3/h6,8-15,17-20,25,33-34H,4-5,7,16,21-22H2,1-3H3/t25-,33+/m0/s1. The highest BCUT2D eigenvalue weighted by atomic mass is 16.2. The SMILES string of the molecule is CCCCCC(=O)N1c2ccccc2NC2=C(C(=O)C[C@@H](c3ccccc3)C2)[C@H]1c1ccc(N(C)C)cc1. The number of nitrogens with zero attached hydrogens (tertiary/aromatic N) is 2. The molecule has 3 aromatic rings. The van der Waals surface area contributed by atoms with Gasteiger partial charge < -0.3 is 10.2 Å². The van der Waals surface area contributed by atoms with Crippen LogP contribution in [0.2, 0.25) is 0 Å². The summed E-state index contributed by atoms with van der Waals surface area (Å²) in [6.07, 6.45) is 4.51. The van der Waals surface area contributed by atoms with E-state index in [9.17, 15) is 9.59 Å². The van der Waals surface area contributed by atoms with Gasteiger partial charge in [0.25, 0.3) is 0 Å². The zero-order valence-electron chi connectivity index (χ0n) is 22.6. The van der Waals surface area contributed by atoms with Gasteiger partial charge in [0, 0.05) is 43.9 Å². The summed E-state index contributed by atoms with van der Waals surface area (Å²) in [5, 5.41) is 3.63. The molecule has 1 amide bonds. The molecule has 1 heterocycles. The van der Waals surface area contributed by atoms with Gasteiger partial charge in [-0.2, -0.15) is 0 Å². The molecule has 0 spiro atoms. The Morgan fingerprint density at radius 2 is 1.61 bits per heavy atom. The number of benzene rings is 3. The molecule has 0 bridgehead atoms. The van der Waals surface area contributed by atoms with E-state index in [-0.39, 0.29) is 17.6 Å². The lowest BCUT2D eigenvalue weighted by Gasteiger charge is -2.35. The molecule has 5 heteroatoms. The van der Waals surface area contributed by atoms with Gasteiger partial charge in [0.1, 0.15) is 0 Å². The number of carbonyl (C=O) groups is 2. The van der Waals surface area contributed by atoms with Crippen molar-refractivity contribution in [3.63, 3.8) is 0 Å². The maximum Gasteiger partial charge on any atom is 0.227 e. The molecule has 1 aliphatic heterocycles. The van der Waals surface area contributed by atoms with Crippen molar-refractivity contribution in [2.75, 3.05) is 29.2 Å². The highest BCUT2D eigenvalue weighted by molar-refractivity contribution is 6.06. The van der Waals surface area contributed by atoms with E-state index in [0.29, 0.717) is 12.8 Å². The van der Waals surface area contributed by atoms with E-state index < -0.39 is 6.04 Å². The second kappa shape index (κ2) is 11.3. The second-order valence-corrected chi connectivity index (χ2v) is 10.6. The molecule has 38 heavy (non-hydrogen) atoms. The Labute approximate surface area is 226 Å². The van der Waals surface area contributed by atoms with Crippen molar-refractivity contribution < 1.29 is 9.59 Å². The van der Waals surface area contributed by atoms with Crippen molar-refractivity contribution in [3.05, 3.63) is 101 Å². The zero-order chi connectivity index (χ0) is 26.6. The number of fused-ring (bicyclic) bond motifs is 1. The molecule has 3 aromatic carbocycles. The summed E-state index contributed by atoms with van der Waals surface area (Å²) in [6.45, 7) is 2.14. The summed E-state index contributed by atoms with van der Waals surface area (Å²) in [4.78, 5) is 32.0. The summed E-state index contributed by atoms with van der Waals surface area (Å²) in [5.41, 5.74) is 6.55. The van der Waals surface area contributed by atoms with Crippen molar-refractivity contribution in [3.8, 4) is 0 Å².